The molecule has 9 heteroatoms. The van der Waals surface area contributed by atoms with Gasteiger partial charge in [-0.15, -0.1) is 11.3 Å². The molecule has 4 rings (SSSR count). The molecule has 0 aliphatic carbocycles. The Morgan fingerprint density at radius 1 is 1.07 bits per heavy atom. The normalized spacial score (nSPS) is 11.6. The van der Waals surface area contributed by atoms with E-state index in [1.165, 1.54) is 23.5 Å². The van der Waals surface area contributed by atoms with Gasteiger partial charge >= 0.3 is 0 Å². The van der Waals surface area contributed by atoms with Gasteiger partial charge in [-0.2, -0.15) is 0 Å². The van der Waals surface area contributed by atoms with E-state index in [0.29, 0.717) is 33.4 Å². The van der Waals surface area contributed by atoms with Crippen LogP contribution in [0.5, 0.6) is 5.88 Å². The monoisotopic (exact) mass is 459 g/mol. The number of aryl methyl sites for hydroxylation is 2. The molecule has 0 saturated carbocycles. The van der Waals surface area contributed by atoms with Crippen molar-refractivity contribution in [1.29, 1.82) is 0 Å². The maximum absolute atomic E-state index is 13.0. The van der Waals surface area contributed by atoms with Crippen LogP contribution >= 0.6 is 22.9 Å². The third-order valence-corrected chi connectivity index (χ3v) is 7.10. The number of aromatic nitrogens is 2. The molecule has 1 aromatic carbocycles. The van der Waals surface area contributed by atoms with Gasteiger partial charge in [-0.25, -0.2) is 18.4 Å². The number of nitrogens with zero attached hydrogens (tertiary/aromatic N) is 2. The highest BCUT2D eigenvalue weighted by molar-refractivity contribution is 7.92. The highest BCUT2D eigenvalue weighted by Crippen LogP contribution is 2.42. The van der Waals surface area contributed by atoms with Crippen LogP contribution in [0.15, 0.2) is 53.4 Å². The Hall–Kier alpha value is -2.68. The van der Waals surface area contributed by atoms with Crippen molar-refractivity contribution in [3.63, 3.8) is 0 Å². The van der Waals surface area contributed by atoms with Crippen molar-refractivity contribution >= 4 is 48.9 Å². The number of methoxy groups -OCH3 is 1. The minimum atomic E-state index is -3.85. The third kappa shape index (κ3) is 3.86. The summed E-state index contributed by atoms with van der Waals surface area (Å²) >= 11 is 7.48. The first-order valence-corrected chi connectivity index (χ1v) is 11.7. The van der Waals surface area contributed by atoms with Gasteiger partial charge < -0.3 is 4.74 Å². The molecule has 0 unspecified atom stereocenters. The molecule has 0 aliphatic heterocycles. The maximum atomic E-state index is 13.0. The summed E-state index contributed by atoms with van der Waals surface area (Å²) in [6, 6.07) is 13.3. The number of anilines is 1. The van der Waals surface area contributed by atoms with Crippen LogP contribution in [0.2, 0.25) is 5.02 Å². The summed E-state index contributed by atoms with van der Waals surface area (Å²) < 4.78 is 34.1. The second kappa shape index (κ2) is 7.86. The van der Waals surface area contributed by atoms with E-state index < -0.39 is 10.0 Å². The molecule has 0 radical (unpaired) electrons. The minimum Gasteiger partial charge on any atom is -0.481 e. The molecule has 0 fully saturated rings. The largest absolute Gasteiger partial charge is 0.481 e. The Balaban J connectivity index is 1.92. The number of ether oxygens (including phenoxy) is 1. The summed E-state index contributed by atoms with van der Waals surface area (Å²) in [6.45, 7) is 3.79. The van der Waals surface area contributed by atoms with Gasteiger partial charge in [0.05, 0.1) is 23.4 Å². The molecule has 0 spiro atoms. The fourth-order valence-electron chi connectivity index (χ4n) is 3.23. The number of sulfonamides is 1. The zero-order chi connectivity index (χ0) is 21.5. The molecule has 6 nitrogen and oxygen atoms in total. The van der Waals surface area contributed by atoms with E-state index in [1.807, 2.05) is 26.0 Å². The van der Waals surface area contributed by atoms with Gasteiger partial charge in [0.25, 0.3) is 10.0 Å². The van der Waals surface area contributed by atoms with Crippen molar-refractivity contribution in [2.24, 2.45) is 0 Å². The first kappa shape index (κ1) is 20.6. The number of halogens is 1. The van der Waals surface area contributed by atoms with Crippen LogP contribution in [0.1, 0.15) is 10.6 Å². The van der Waals surface area contributed by atoms with Crippen LogP contribution in [0, 0.1) is 13.8 Å². The maximum Gasteiger partial charge on any atom is 0.261 e. The standard InChI is InChI=1S/C21H18ClN3O3S2/c1-12-10-17(25-30(26,27)15-7-4-6-14(22)11-15)20-19(13(2)29-21(20)23-12)16-8-5-9-18(24-16)28-3/h4-11H,1-3H3,(H,23,25). The van der Waals surface area contributed by atoms with Crippen molar-refractivity contribution < 1.29 is 13.2 Å². The first-order chi connectivity index (χ1) is 14.3. The lowest BCUT2D eigenvalue weighted by Gasteiger charge is -2.12. The second-order valence-electron chi connectivity index (χ2n) is 6.65. The molecule has 154 valence electrons. The van der Waals surface area contributed by atoms with Crippen molar-refractivity contribution in [2.75, 3.05) is 11.8 Å². The van der Waals surface area contributed by atoms with Crippen molar-refractivity contribution in [3.8, 4) is 17.1 Å². The van der Waals surface area contributed by atoms with E-state index in [-0.39, 0.29) is 4.90 Å². The number of rotatable bonds is 5. The molecular formula is C21H18ClN3O3S2. The van der Waals surface area contributed by atoms with Crippen LogP contribution in [0.3, 0.4) is 0 Å². The van der Waals surface area contributed by atoms with E-state index in [9.17, 15) is 8.42 Å². The van der Waals surface area contributed by atoms with Crippen LogP contribution in [0.25, 0.3) is 21.5 Å². The molecule has 1 N–H and O–H groups in total. The van der Waals surface area contributed by atoms with Gasteiger partial charge in [0, 0.05) is 32.6 Å². The summed E-state index contributed by atoms with van der Waals surface area (Å²) in [4.78, 5) is 10.9. The lowest BCUT2D eigenvalue weighted by Crippen LogP contribution is -2.13. The first-order valence-electron chi connectivity index (χ1n) is 8.99. The third-order valence-electron chi connectivity index (χ3n) is 4.51. The van der Waals surface area contributed by atoms with E-state index in [2.05, 4.69) is 14.7 Å². The van der Waals surface area contributed by atoms with E-state index in [4.69, 9.17) is 16.3 Å². The summed E-state index contributed by atoms with van der Waals surface area (Å²) in [7, 11) is -2.29. The number of hydrogen-bond donors (Lipinski definition) is 1. The zero-order valence-electron chi connectivity index (χ0n) is 16.4. The number of benzene rings is 1. The number of nitrogens with one attached hydrogen (secondary N) is 1. The van der Waals surface area contributed by atoms with Crippen LogP contribution in [-0.2, 0) is 10.0 Å². The van der Waals surface area contributed by atoms with Crippen LogP contribution in [-0.4, -0.2) is 25.5 Å². The topological polar surface area (TPSA) is 81.2 Å². The summed E-state index contributed by atoms with van der Waals surface area (Å²) in [6.07, 6.45) is 0. The Kier molecular flexibility index (Phi) is 5.40. The summed E-state index contributed by atoms with van der Waals surface area (Å²) in [5, 5.41) is 1.05. The lowest BCUT2D eigenvalue weighted by atomic mass is 10.1. The highest BCUT2D eigenvalue weighted by Gasteiger charge is 2.22. The fraction of sp³-hybridized carbons (Fsp3) is 0.143. The van der Waals surface area contributed by atoms with E-state index in [0.717, 1.165) is 15.3 Å². The molecule has 3 aromatic heterocycles. The minimum absolute atomic E-state index is 0.0885. The molecule has 4 aromatic rings. The molecule has 0 atom stereocenters. The van der Waals surface area contributed by atoms with Crippen molar-refractivity contribution in [3.05, 3.63) is 64.1 Å². The van der Waals surface area contributed by atoms with Crippen LogP contribution < -0.4 is 9.46 Å². The van der Waals surface area contributed by atoms with E-state index in [1.54, 1.807) is 31.4 Å². The van der Waals surface area contributed by atoms with Gasteiger partial charge in [0.15, 0.2) is 0 Å². The molecule has 0 bridgehead atoms. The van der Waals surface area contributed by atoms with E-state index >= 15 is 0 Å². The lowest BCUT2D eigenvalue weighted by molar-refractivity contribution is 0.398. The Bertz CT molecular complexity index is 1370. The molecule has 0 saturated heterocycles. The predicted octanol–water partition coefficient (Wildman–Crippen LogP) is 5.44. The van der Waals surface area contributed by atoms with Crippen molar-refractivity contribution in [1.82, 2.24) is 9.97 Å². The number of fused-ring (bicyclic) bond motifs is 1. The van der Waals surface area contributed by atoms with Gasteiger partial charge in [-0.1, -0.05) is 23.7 Å². The number of thiophene rings is 1. The molecule has 0 aliphatic rings. The molecule has 3 heterocycles. The summed E-state index contributed by atoms with van der Waals surface area (Å²) in [5.41, 5.74) is 2.66. The van der Waals surface area contributed by atoms with Gasteiger partial charge in [-0.3, -0.25) is 4.72 Å². The molecular weight excluding hydrogens is 442 g/mol. The predicted molar refractivity (Wildman–Crippen MR) is 121 cm³/mol. The zero-order valence-corrected chi connectivity index (χ0v) is 18.8. The Labute approximate surface area is 183 Å². The Morgan fingerprint density at radius 3 is 2.57 bits per heavy atom. The second-order valence-corrected chi connectivity index (χ2v) is 9.97. The fourth-order valence-corrected chi connectivity index (χ4v) is 5.69. The Morgan fingerprint density at radius 2 is 1.83 bits per heavy atom. The molecule has 30 heavy (non-hydrogen) atoms. The average Bonchev–Trinajstić information content (AvgIpc) is 3.03. The van der Waals surface area contributed by atoms with Gasteiger partial charge in [0.2, 0.25) is 5.88 Å². The van der Waals surface area contributed by atoms with Crippen molar-refractivity contribution in [2.45, 2.75) is 18.7 Å². The summed E-state index contributed by atoms with van der Waals surface area (Å²) in [5.74, 6) is 0.479. The number of pyridine rings is 2. The van der Waals surface area contributed by atoms with Gasteiger partial charge in [0.1, 0.15) is 4.83 Å². The average molecular weight is 460 g/mol. The number of hydrogen-bond acceptors (Lipinski definition) is 6. The highest BCUT2D eigenvalue weighted by atomic mass is 35.5. The smallest absolute Gasteiger partial charge is 0.261 e. The molecule has 0 amide bonds. The van der Waals surface area contributed by atoms with Crippen LogP contribution in [0.4, 0.5) is 5.69 Å². The SMILES string of the molecule is COc1cccc(-c2c(C)sc3nc(C)cc(NS(=O)(=O)c4cccc(Cl)c4)c23)n1. The van der Waals surface area contributed by atoms with Gasteiger partial charge in [-0.05, 0) is 44.2 Å². The quantitative estimate of drug-likeness (QED) is 0.430.